The molecule has 232 valence electrons. The van der Waals surface area contributed by atoms with Crippen LogP contribution in [0.25, 0.3) is 56.4 Å². The van der Waals surface area contributed by atoms with E-state index >= 15 is 0 Å². The van der Waals surface area contributed by atoms with Gasteiger partial charge in [0.2, 0.25) is 0 Å². The highest BCUT2D eigenvalue weighted by Crippen LogP contribution is 2.80. The predicted octanol–water partition coefficient (Wildman–Crippen LogP) is 11.9. The Balaban J connectivity index is 1.35. The first-order valence-electron chi connectivity index (χ1n) is 16.4. The summed E-state index contributed by atoms with van der Waals surface area (Å²) in [6.07, 6.45) is 0. The lowest BCUT2D eigenvalue weighted by atomic mass is 9.98. The van der Waals surface area contributed by atoms with Gasteiger partial charge in [-0.15, -0.1) is 10.0 Å². The average Bonchev–Trinajstić information content (AvgIpc) is 3.50. The summed E-state index contributed by atoms with van der Waals surface area (Å²) in [6, 6.07) is 66.6. The van der Waals surface area contributed by atoms with E-state index < -0.39 is 10.0 Å². The van der Waals surface area contributed by atoms with Gasteiger partial charge in [0, 0.05) is 41.8 Å². The Morgan fingerprint density at radius 1 is 0.286 bits per heavy atom. The molecule has 49 heavy (non-hydrogen) atoms. The molecule has 0 bridgehead atoms. The van der Waals surface area contributed by atoms with Gasteiger partial charge in [-0.25, -0.2) is 15.0 Å². The van der Waals surface area contributed by atoms with E-state index in [2.05, 4.69) is 164 Å². The van der Waals surface area contributed by atoms with E-state index in [0.29, 0.717) is 17.5 Å². The molecule has 8 aromatic rings. The molecule has 9 rings (SSSR count). The molecule has 0 amide bonds. The van der Waals surface area contributed by atoms with Crippen molar-refractivity contribution in [1.29, 1.82) is 0 Å². The fourth-order valence-corrected chi connectivity index (χ4v) is 11.3. The Morgan fingerprint density at radius 3 is 1.35 bits per heavy atom. The third kappa shape index (κ3) is 4.80. The van der Waals surface area contributed by atoms with Crippen LogP contribution in [0.2, 0.25) is 0 Å². The van der Waals surface area contributed by atoms with Crippen molar-refractivity contribution < 1.29 is 0 Å². The van der Waals surface area contributed by atoms with Crippen LogP contribution in [-0.4, -0.2) is 15.0 Å². The summed E-state index contributed by atoms with van der Waals surface area (Å²) in [5.74, 6) is 1.96. The van der Waals surface area contributed by atoms with E-state index in [0.717, 1.165) is 27.8 Å². The van der Waals surface area contributed by atoms with Crippen LogP contribution in [0.4, 0.5) is 0 Å². The Morgan fingerprint density at radius 2 is 0.714 bits per heavy atom. The summed E-state index contributed by atoms with van der Waals surface area (Å²) >= 11 is 0. The summed E-state index contributed by atoms with van der Waals surface area (Å²) in [5, 5.41) is 0. The molecule has 1 aromatic heterocycles. The quantitative estimate of drug-likeness (QED) is 0.181. The SMILES string of the molecule is c1ccc(-c2nc(-c3ccccc3-c3ccccc3)nc(-c3cccc4c3-c3ccccc3S4(c3ccccc3)c3ccccc3)n2)cc1. The van der Waals surface area contributed by atoms with Crippen molar-refractivity contribution in [3.8, 4) is 56.4 Å². The number of nitrogens with zero attached hydrogens (tertiary/aromatic N) is 3. The lowest BCUT2D eigenvalue weighted by Gasteiger charge is -2.39. The molecule has 0 radical (unpaired) electrons. The maximum absolute atomic E-state index is 5.32. The number of benzene rings is 7. The van der Waals surface area contributed by atoms with Crippen molar-refractivity contribution in [2.45, 2.75) is 19.6 Å². The highest BCUT2D eigenvalue weighted by atomic mass is 32.3. The first-order chi connectivity index (χ1) is 24.3. The van der Waals surface area contributed by atoms with Crippen LogP contribution >= 0.6 is 10.0 Å². The van der Waals surface area contributed by atoms with Crippen LogP contribution in [0.3, 0.4) is 0 Å². The van der Waals surface area contributed by atoms with E-state index in [4.69, 9.17) is 15.0 Å². The van der Waals surface area contributed by atoms with Gasteiger partial charge in [0.25, 0.3) is 0 Å². The van der Waals surface area contributed by atoms with Gasteiger partial charge in [0.1, 0.15) is 0 Å². The molecule has 2 heterocycles. The van der Waals surface area contributed by atoms with E-state index in [9.17, 15) is 0 Å². The van der Waals surface area contributed by atoms with Crippen LogP contribution in [-0.2, 0) is 0 Å². The van der Waals surface area contributed by atoms with Crippen molar-refractivity contribution in [3.63, 3.8) is 0 Å². The molecule has 1 aliphatic rings. The van der Waals surface area contributed by atoms with Gasteiger partial charge in [-0.3, -0.25) is 0 Å². The molecule has 0 spiro atoms. The molecule has 1 aliphatic heterocycles. The second-order valence-electron chi connectivity index (χ2n) is 12.0. The maximum atomic E-state index is 5.32. The summed E-state index contributed by atoms with van der Waals surface area (Å²) in [7, 11) is -1.81. The van der Waals surface area contributed by atoms with E-state index in [-0.39, 0.29) is 0 Å². The van der Waals surface area contributed by atoms with E-state index in [1.54, 1.807) is 0 Å². The molecule has 0 aliphatic carbocycles. The Hall–Kier alpha value is -6.10. The highest BCUT2D eigenvalue weighted by Gasteiger charge is 2.43. The third-order valence-corrected chi connectivity index (χ3v) is 13.2. The van der Waals surface area contributed by atoms with Crippen molar-refractivity contribution >= 4 is 10.0 Å². The number of hydrogen-bond donors (Lipinski definition) is 0. The minimum absolute atomic E-state index is 0.650. The van der Waals surface area contributed by atoms with Crippen LogP contribution < -0.4 is 0 Å². The van der Waals surface area contributed by atoms with Crippen molar-refractivity contribution in [2.75, 3.05) is 0 Å². The second kappa shape index (κ2) is 12.2. The summed E-state index contributed by atoms with van der Waals surface area (Å²) in [4.78, 5) is 20.9. The molecular formula is C45H31N3S. The first-order valence-corrected chi connectivity index (χ1v) is 18.1. The molecule has 0 saturated heterocycles. The monoisotopic (exact) mass is 645 g/mol. The second-order valence-corrected chi connectivity index (χ2v) is 15.0. The van der Waals surface area contributed by atoms with Gasteiger partial charge in [-0.05, 0) is 53.1 Å². The average molecular weight is 646 g/mol. The van der Waals surface area contributed by atoms with Crippen LogP contribution in [0, 0.1) is 0 Å². The van der Waals surface area contributed by atoms with E-state index in [1.165, 1.54) is 30.7 Å². The predicted molar refractivity (Wildman–Crippen MR) is 201 cm³/mol. The molecule has 7 aromatic carbocycles. The number of rotatable bonds is 6. The molecule has 0 atom stereocenters. The molecule has 0 N–H and O–H groups in total. The molecule has 0 saturated carbocycles. The summed E-state index contributed by atoms with van der Waals surface area (Å²) in [6.45, 7) is 0. The molecular weight excluding hydrogens is 615 g/mol. The van der Waals surface area contributed by atoms with Gasteiger partial charge < -0.3 is 0 Å². The Labute approximate surface area is 288 Å². The third-order valence-electron chi connectivity index (χ3n) is 9.20. The van der Waals surface area contributed by atoms with Gasteiger partial charge in [-0.1, -0.05) is 152 Å². The largest absolute Gasteiger partial charge is 0.208 e. The van der Waals surface area contributed by atoms with Gasteiger partial charge >= 0.3 is 0 Å². The van der Waals surface area contributed by atoms with Gasteiger partial charge in [0.15, 0.2) is 17.5 Å². The first kappa shape index (κ1) is 29.1. The zero-order chi connectivity index (χ0) is 32.6. The standard InChI is InChI=1S/C45H31N3S/c1-5-18-32(19-6-1)36-26-13-14-27-37(36)44-46-43(33-20-7-2-8-21-33)47-45(48-44)39-29-17-31-41-42(39)38-28-15-16-30-40(38)49(41,34-22-9-3-10-23-34)35-24-11-4-12-25-35/h1-31H. The number of hydrogen-bond acceptors (Lipinski definition) is 3. The lowest BCUT2D eigenvalue weighted by molar-refractivity contribution is 1.07. The fraction of sp³-hybridized carbons (Fsp3) is 0. The summed E-state index contributed by atoms with van der Waals surface area (Å²) < 4.78 is 0. The van der Waals surface area contributed by atoms with Gasteiger partial charge in [0.05, 0.1) is 0 Å². The van der Waals surface area contributed by atoms with Crippen molar-refractivity contribution in [2.24, 2.45) is 0 Å². The lowest BCUT2D eigenvalue weighted by Crippen LogP contribution is -2.03. The zero-order valence-electron chi connectivity index (χ0n) is 26.6. The number of fused-ring (bicyclic) bond motifs is 3. The molecule has 4 heteroatoms. The topological polar surface area (TPSA) is 38.7 Å². The van der Waals surface area contributed by atoms with Crippen molar-refractivity contribution in [1.82, 2.24) is 15.0 Å². The number of aromatic nitrogens is 3. The molecule has 3 nitrogen and oxygen atoms in total. The van der Waals surface area contributed by atoms with Crippen LogP contribution in [0.1, 0.15) is 0 Å². The highest BCUT2D eigenvalue weighted by molar-refractivity contribution is 8.34. The van der Waals surface area contributed by atoms with Gasteiger partial charge in [-0.2, -0.15) is 0 Å². The maximum Gasteiger partial charge on any atom is 0.164 e. The van der Waals surface area contributed by atoms with Crippen molar-refractivity contribution in [3.05, 3.63) is 188 Å². The van der Waals surface area contributed by atoms with E-state index in [1.807, 2.05) is 24.3 Å². The Kier molecular flexibility index (Phi) is 7.22. The summed E-state index contributed by atoms with van der Waals surface area (Å²) in [5.41, 5.74) is 7.54. The van der Waals surface area contributed by atoms with Crippen LogP contribution in [0.5, 0.6) is 0 Å². The zero-order valence-corrected chi connectivity index (χ0v) is 27.5. The van der Waals surface area contributed by atoms with Crippen LogP contribution in [0.15, 0.2) is 208 Å². The smallest absolute Gasteiger partial charge is 0.164 e. The minimum atomic E-state index is -1.81. The molecule has 0 fully saturated rings. The normalized spacial score (nSPS) is 13.3. The molecule has 0 unspecified atom stereocenters. The Bertz CT molecular complexity index is 2390. The fourth-order valence-electron chi connectivity index (χ4n) is 7.08. The minimum Gasteiger partial charge on any atom is -0.208 e.